The van der Waals surface area contributed by atoms with Gasteiger partial charge in [0.15, 0.2) is 0 Å². The fourth-order valence-electron chi connectivity index (χ4n) is 3.33. The Morgan fingerprint density at radius 2 is 2.04 bits per heavy atom. The van der Waals surface area contributed by atoms with Crippen LogP contribution < -0.4 is 10.1 Å². The van der Waals surface area contributed by atoms with E-state index in [9.17, 15) is 29.6 Å². The summed E-state index contributed by atoms with van der Waals surface area (Å²) in [7, 11) is 1.02. The third-order valence-corrected chi connectivity index (χ3v) is 4.86. The van der Waals surface area contributed by atoms with Crippen molar-refractivity contribution in [3.05, 3.63) is 28.3 Å². The third kappa shape index (κ3) is 4.96. The maximum atomic E-state index is 11.6. The number of anilines is 1. The van der Waals surface area contributed by atoms with Gasteiger partial charge in [-0.1, -0.05) is 6.92 Å². The molecule has 2 rings (SSSR count). The second-order valence-corrected chi connectivity index (χ2v) is 6.55. The van der Waals surface area contributed by atoms with Crippen molar-refractivity contribution in [3.8, 4) is 5.75 Å². The van der Waals surface area contributed by atoms with Crippen LogP contribution in [0.25, 0.3) is 0 Å². The lowest BCUT2D eigenvalue weighted by Gasteiger charge is -2.34. The van der Waals surface area contributed by atoms with E-state index >= 15 is 0 Å². The number of nitro groups is 1. The molecule has 1 aromatic rings. The number of nitrogens with one attached hydrogen (secondary N) is 1. The van der Waals surface area contributed by atoms with E-state index in [1.54, 1.807) is 0 Å². The van der Waals surface area contributed by atoms with E-state index < -0.39 is 34.4 Å². The maximum Gasteiger partial charge on any atom is 0.396 e. The highest BCUT2D eigenvalue weighted by Gasteiger charge is 2.34. The van der Waals surface area contributed by atoms with Crippen molar-refractivity contribution in [3.63, 3.8) is 0 Å². The van der Waals surface area contributed by atoms with Crippen LogP contribution in [-0.2, 0) is 19.1 Å². The van der Waals surface area contributed by atoms with Crippen LogP contribution in [0.2, 0.25) is 0 Å². The SMILES string of the molecule is CCC1CC(C(=O)O)CCC1Oc1ccc(NC(=O)C(=O)OC)c([N+](=O)[O-])c1. The van der Waals surface area contributed by atoms with E-state index in [0.29, 0.717) is 19.3 Å². The van der Waals surface area contributed by atoms with E-state index in [2.05, 4.69) is 10.1 Å². The lowest BCUT2D eigenvalue weighted by Crippen LogP contribution is -2.36. The number of nitrogens with zero attached hydrogens (tertiary/aromatic N) is 1. The fourth-order valence-corrected chi connectivity index (χ4v) is 3.33. The number of nitro benzene ring substituents is 1. The Balaban J connectivity index is 2.17. The number of carboxylic acids is 1. The van der Waals surface area contributed by atoms with Gasteiger partial charge in [-0.05, 0) is 43.7 Å². The number of carbonyl (C=O) groups is 3. The molecule has 1 aliphatic rings. The molecule has 1 aliphatic carbocycles. The van der Waals surface area contributed by atoms with Gasteiger partial charge in [0, 0.05) is 0 Å². The molecule has 0 heterocycles. The molecule has 0 bridgehead atoms. The zero-order valence-electron chi connectivity index (χ0n) is 15.5. The van der Waals surface area contributed by atoms with Gasteiger partial charge in [-0.3, -0.25) is 19.7 Å². The van der Waals surface area contributed by atoms with Crippen molar-refractivity contribution >= 4 is 29.2 Å². The summed E-state index contributed by atoms with van der Waals surface area (Å²) >= 11 is 0. The molecule has 0 aromatic heterocycles. The van der Waals surface area contributed by atoms with Crippen molar-refractivity contribution in [2.45, 2.75) is 38.7 Å². The van der Waals surface area contributed by atoms with Crippen LogP contribution >= 0.6 is 0 Å². The van der Waals surface area contributed by atoms with E-state index in [1.165, 1.54) is 18.2 Å². The number of esters is 1. The van der Waals surface area contributed by atoms with Gasteiger partial charge in [0.2, 0.25) is 0 Å². The minimum atomic E-state index is -1.17. The molecule has 1 amide bonds. The second kappa shape index (κ2) is 9.16. The second-order valence-electron chi connectivity index (χ2n) is 6.55. The van der Waals surface area contributed by atoms with E-state index in [-0.39, 0.29) is 23.5 Å². The van der Waals surface area contributed by atoms with E-state index in [0.717, 1.165) is 13.5 Å². The smallest absolute Gasteiger partial charge is 0.396 e. The normalized spacial score (nSPS) is 21.4. The lowest BCUT2D eigenvalue weighted by atomic mass is 9.78. The molecule has 0 spiro atoms. The first-order valence-corrected chi connectivity index (χ1v) is 8.84. The van der Waals surface area contributed by atoms with Crippen LogP contribution in [0.5, 0.6) is 5.75 Å². The molecule has 0 radical (unpaired) electrons. The number of carbonyl (C=O) groups excluding carboxylic acids is 2. The average molecular weight is 394 g/mol. The van der Waals surface area contributed by atoms with Gasteiger partial charge in [0.1, 0.15) is 17.5 Å². The van der Waals surface area contributed by atoms with Crippen molar-refractivity contribution < 1.29 is 33.9 Å². The number of benzene rings is 1. The van der Waals surface area contributed by atoms with Crippen molar-refractivity contribution in [2.24, 2.45) is 11.8 Å². The highest BCUT2D eigenvalue weighted by Crippen LogP contribution is 2.36. The predicted octanol–water partition coefficient (Wildman–Crippen LogP) is 2.36. The van der Waals surface area contributed by atoms with Gasteiger partial charge in [0.05, 0.1) is 24.0 Å². The van der Waals surface area contributed by atoms with Crippen LogP contribution in [-0.4, -0.2) is 41.1 Å². The number of aliphatic carboxylic acids is 1. The Labute approximate surface area is 161 Å². The molecule has 3 atom stereocenters. The first-order chi connectivity index (χ1) is 13.3. The van der Waals surface area contributed by atoms with Gasteiger partial charge >= 0.3 is 17.8 Å². The van der Waals surface area contributed by atoms with Crippen LogP contribution in [0.3, 0.4) is 0 Å². The number of hydrogen-bond donors (Lipinski definition) is 2. The Hall–Kier alpha value is -3.17. The first kappa shape index (κ1) is 21.1. The molecular formula is C18H22N2O8. The van der Waals surface area contributed by atoms with Gasteiger partial charge < -0.3 is 19.9 Å². The number of hydrogen-bond acceptors (Lipinski definition) is 7. The number of carboxylic acid groups (broad SMARTS) is 1. The summed E-state index contributed by atoms with van der Waals surface area (Å²) in [4.78, 5) is 44.7. The summed E-state index contributed by atoms with van der Waals surface area (Å²) in [6.45, 7) is 1.94. The molecule has 152 valence electrons. The molecule has 2 N–H and O–H groups in total. The Morgan fingerprint density at radius 3 is 2.61 bits per heavy atom. The zero-order valence-corrected chi connectivity index (χ0v) is 15.5. The molecule has 0 saturated heterocycles. The van der Waals surface area contributed by atoms with Gasteiger partial charge in [-0.2, -0.15) is 0 Å². The standard InChI is InChI=1S/C18H22N2O8/c1-3-10-8-11(17(22)23)4-7-15(10)28-12-5-6-13(14(9-12)20(25)26)19-16(21)18(24)27-2/h5-6,9-11,15H,3-4,7-8H2,1-2H3,(H,19,21)(H,22,23). The van der Waals surface area contributed by atoms with Crippen LogP contribution in [0.4, 0.5) is 11.4 Å². The van der Waals surface area contributed by atoms with Crippen molar-refractivity contribution in [1.29, 1.82) is 0 Å². The molecule has 10 heteroatoms. The molecule has 1 saturated carbocycles. The molecular weight excluding hydrogens is 372 g/mol. The number of rotatable bonds is 6. The molecule has 1 fully saturated rings. The van der Waals surface area contributed by atoms with Crippen LogP contribution in [0.15, 0.2) is 18.2 Å². The van der Waals surface area contributed by atoms with E-state index in [4.69, 9.17) is 4.74 Å². The molecule has 0 aliphatic heterocycles. The lowest BCUT2D eigenvalue weighted by molar-refractivity contribution is -0.384. The highest BCUT2D eigenvalue weighted by molar-refractivity contribution is 6.37. The molecule has 3 unspecified atom stereocenters. The minimum absolute atomic E-state index is 0.0209. The van der Waals surface area contributed by atoms with Gasteiger partial charge in [0.25, 0.3) is 5.69 Å². The summed E-state index contributed by atoms with van der Waals surface area (Å²) in [6.07, 6.45) is 1.97. The Morgan fingerprint density at radius 1 is 1.32 bits per heavy atom. The van der Waals surface area contributed by atoms with Crippen LogP contribution in [0, 0.1) is 22.0 Å². The summed E-state index contributed by atoms with van der Waals surface area (Å²) in [5, 5.41) is 22.7. The van der Waals surface area contributed by atoms with Gasteiger partial charge in [-0.25, -0.2) is 4.79 Å². The van der Waals surface area contributed by atoms with Crippen molar-refractivity contribution in [2.75, 3.05) is 12.4 Å². The summed E-state index contributed by atoms with van der Waals surface area (Å²) in [6, 6.07) is 3.90. The third-order valence-electron chi connectivity index (χ3n) is 4.86. The quantitative estimate of drug-likeness (QED) is 0.324. The number of ether oxygens (including phenoxy) is 2. The summed E-state index contributed by atoms with van der Waals surface area (Å²) in [5.41, 5.74) is -0.587. The summed E-state index contributed by atoms with van der Waals surface area (Å²) in [5.74, 6) is -3.27. The highest BCUT2D eigenvalue weighted by atomic mass is 16.6. The van der Waals surface area contributed by atoms with Crippen molar-refractivity contribution in [1.82, 2.24) is 0 Å². The predicted molar refractivity (Wildman–Crippen MR) is 96.9 cm³/mol. The zero-order chi connectivity index (χ0) is 20.8. The molecule has 1 aromatic carbocycles. The fraction of sp³-hybridized carbons (Fsp3) is 0.500. The first-order valence-electron chi connectivity index (χ1n) is 8.84. The summed E-state index contributed by atoms with van der Waals surface area (Å²) < 4.78 is 10.2. The topological polar surface area (TPSA) is 145 Å². The van der Waals surface area contributed by atoms with E-state index in [1.807, 2.05) is 6.92 Å². The maximum absolute atomic E-state index is 11.6. The van der Waals surface area contributed by atoms with Gasteiger partial charge in [-0.15, -0.1) is 0 Å². The Bertz CT molecular complexity index is 779. The Kier molecular flexibility index (Phi) is 6.91. The number of methoxy groups -OCH3 is 1. The monoisotopic (exact) mass is 394 g/mol. The minimum Gasteiger partial charge on any atom is -0.490 e. The average Bonchev–Trinajstić information content (AvgIpc) is 2.68. The largest absolute Gasteiger partial charge is 0.490 e. The number of amides is 1. The van der Waals surface area contributed by atoms with Crippen LogP contribution in [0.1, 0.15) is 32.6 Å². The molecule has 28 heavy (non-hydrogen) atoms. The molecule has 10 nitrogen and oxygen atoms in total.